The normalized spacial score (nSPS) is 31.2. The van der Waals surface area contributed by atoms with Gasteiger partial charge in [0.05, 0.1) is 0 Å². The molecule has 0 amide bonds. The summed E-state index contributed by atoms with van der Waals surface area (Å²) in [5.41, 5.74) is 5.61. The molecule has 0 spiro atoms. The van der Waals surface area contributed by atoms with Crippen LogP contribution >= 0.6 is 0 Å². The third-order valence-electron chi connectivity index (χ3n) is 4.11. The molecule has 88 valence electrons. The van der Waals surface area contributed by atoms with Crippen LogP contribution in [0.15, 0.2) is 0 Å². The van der Waals surface area contributed by atoms with E-state index in [1.165, 1.54) is 51.9 Å². The number of piperidine rings is 1. The zero-order chi connectivity index (χ0) is 10.7. The van der Waals surface area contributed by atoms with Crippen molar-refractivity contribution in [2.24, 2.45) is 11.7 Å². The highest BCUT2D eigenvalue weighted by molar-refractivity contribution is 4.84. The van der Waals surface area contributed by atoms with Gasteiger partial charge in [0.25, 0.3) is 0 Å². The van der Waals surface area contributed by atoms with E-state index in [0.717, 1.165) is 18.5 Å². The van der Waals surface area contributed by atoms with Crippen molar-refractivity contribution in [3.8, 4) is 0 Å². The van der Waals surface area contributed by atoms with E-state index in [4.69, 9.17) is 5.73 Å². The standard InChI is InChI=1S/C12H25N3/c1-14-7-5-12(10-14)15-8-3-11(2-6-13)4-9-15/h11-12H,2-10,13H2,1H3. The Kier molecular flexibility index (Phi) is 4.00. The second-order valence-electron chi connectivity index (χ2n) is 5.26. The first kappa shape index (κ1) is 11.4. The van der Waals surface area contributed by atoms with E-state index in [0.29, 0.717) is 0 Å². The maximum absolute atomic E-state index is 5.61. The van der Waals surface area contributed by atoms with Crippen LogP contribution in [0, 0.1) is 5.92 Å². The van der Waals surface area contributed by atoms with Gasteiger partial charge in [-0.1, -0.05) is 0 Å². The Balaban J connectivity index is 1.73. The maximum Gasteiger partial charge on any atom is 0.0235 e. The van der Waals surface area contributed by atoms with Crippen LogP contribution < -0.4 is 5.73 Å². The van der Waals surface area contributed by atoms with E-state index in [-0.39, 0.29) is 0 Å². The van der Waals surface area contributed by atoms with Crippen LogP contribution in [-0.4, -0.2) is 55.6 Å². The molecule has 2 saturated heterocycles. The molecule has 3 heteroatoms. The number of hydrogen-bond acceptors (Lipinski definition) is 3. The lowest BCUT2D eigenvalue weighted by Crippen LogP contribution is -2.42. The Labute approximate surface area is 93.6 Å². The molecule has 2 heterocycles. The van der Waals surface area contributed by atoms with Gasteiger partial charge in [0.1, 0.15) is 0 Å². The molecule has 0 bridgehead atoms. The number of likely N-dealkylation sites (N-methyl/N-ethyl adjacent to an activating group) is 1. The third kappa shape index (κ3) is 2.92. The average Bonchev–Trinajstić information content (AvgIpc) is 2.67. The molecule has 3 nitrogen and oxygen atoms in total. The van der Waals surface area contributed by atoms with E-state index in [2.05, 4.69) is 16.8 Å². The lowest BCUT2D eigenvalue weighted by molar-refractivity contribution is 0.132. The van der Waals surface area contributed by atoms with E-state index >= 15 is 0 Å². The van der Waals surface area contributed by atoms with E-state index < -0.39 is 0 Å². The SMILES string of the molecule is CN1CCC(N2CCC(CCN)CC2)C1. The minimum absolute atomic E-state index is 0.842. The van der Waals surface area contributed by atoms with Crippen LogP contribution in [0.5, 0.6) is 0 Å². The van der Waals surface area contributed by atoms with Crippen molar-refractivity contribution in [3.05, 3.63) is 0 Å². The van der Waals surface area contributed by atoms with Crippen LogP contribution in [0.3, 0.4) is 0 Å². The van der Waals surface area contributed by atoms with Crippen molar-refractivity contribution in [2.45, 2.75) is 31.7 Å². The highest BCUT2D eigenvalue weighted by Gasteiger charge is 2.28. The number of rotatable bonds is 3. The summed E-state index contributed by atoms with van der Waals surface area (Å²) in [5, 5.41) is 0. The smallest absolute Gasteiger partial charge is 0.0235 e. The van der Waals surface area contributed by atoms with Crippen molar-refractivity contribution >= 4 is 0 Å². The number of hydrogen-bond donors (Lipinski definition) is 1. The lowest BCUT2D eigenvalue weighted by atomic mass is 9.92. The van der Waals surface area contributed by atoms with Crippen LogP contribution in [-0.2, 0) is 0 Å². The maximum atomic E-state index is 5.61. The zero-order valence-corrected chi connectivity index (χ0v) is 9.99. The van der Waals surface area contributed by atoms with E-state index in [1.54, 1.807) is 0 Å². The second kappa shape index (κ2) is 5.28. The van der Waals surface area contributed by atoms with Gasteiger partial charge < -0.3 is 10.6 Å². The highest BCUT2D eigenvalue weighted by Crippen LogP contribution is 2.24. The Morgan fingerprint density at radius 2 is 1.87 bits per heavy atom. The second-order valence-corrected chi connectivity index (χ2v) is 5.26. The summed E-state index contributed by atoms with van der Waals surface area (Å²) < 4.78 is 0. The summed E-state index contributed by atoms with van der Waals surface area (Å²) in [4.78, 5) is 5.16. The molecule has 0 aromatic heterocycles. The van der Waals surface area contributed by atoms with Gasteiger partial charge >= 0.3 is 0 Å². The molecule has 2 fully saturated rings. The van der Waals surface area contributed by atoms with Gasteiger partial charge in [-0.3, -0.25) is 4.90 Å². The van der Waals surface area contributed by atoms with Gasteiger partial charge in [0, 0.05) is 12.6 Å². The summed E-state index contributed by atoms with van der Waals surface area (Å²) >= 11 is 0. The van der Waals surface area contributed by atoms with Gasteiger partial charge in [-0.2, -0.15) is 0 Å². The van der Waals surface area contributed by atoms with Gasteiger partial charge in [0.15, 0.2) is 0 Å². The molecular formula is C12H25N3. The van der Waals surface area contributed by atoms with Crippen molar-refractivity contribution in [1.82, 2.24) is 9.80 Å². The van der Waals surface area contributed by atoms with Crippen molar-refractivity contribution in [3.63, 3.8) is 0 Å². The monoisotopic (exact) mass is 211 g/mol. The van der Waals surface area contributed by atoms with Gasteiger partial charge in [0.2, 0.25) is 0 Å². The third-order valence-corrected chi connectivity index (χ3v) is 4.11. The van der Waals surface area contributed by atoms with Gasteiger partial charge in [-0.05, 0) is 64.8 Å². The molecule has 0 aromatic carbocycles. The quantitative estimate of drug-likeness (QED) is 0.748. The minimum Gasteiger partial charge on any atom is -0.330 e. The fraction of sp³-hybridized carbons (Fsp3) is 1.00. The molecule has 2 aliphatic rings. The van der Waals surface area contributed by atoms with E-state index in [1.807, 2.05) is 0 Å². The fourth-order valence-corrected chi connectivity index (χ4v) is 3.05. The molecule has 15 heavy (non-hydrogen) atoms. The molecule has 1 unspecified atom stereocenters. The molecule has 0 aliphatic carbocycles. The van der Waals surface area contributed by atoms with Crippen molar-refractivity contribution in [2.75, 3.05) is 39.8 Å². The minimum atomic E-state index is 0.842. The molecule has 0 radical (unpaired) electrons. The zero-order valence-electron chi connectivity index (χ0n) is 9.99. The Morgan fingerprint density at radius 3 is 2.40 bits per heavy atom. The molecule has 0 aromatic rings. The molecule has 0 saturated carbocycles. The first-order valence-corrected chi connectivity index (χ1v) is 6.42. The number of nitrogens with two attached hydrogens (primary N) is 1. The number of nitrogens with zero attached hydrogens (tertiary/aromatic N) is 2. The summed E-state index contributed by atoms with van der Waals surface area (Å²) in [6.07, 6.45) is 5.35. The molecule has 2 rings (SSSR count). The fourth-order valence-electron chi connectivity index (χ4n) is 3.05. The van der Waals surface area contributed by atoms with Crippen molar-refractivity contribution in [1.29, 1.82) is 0 Å². The van der Waals surface area contributed by atoms with Crippen molar-refractivity contribution < 1.29 is 0 Å². The van der Waals surface area contributed by atoms with Gasteiger partial charge in [-0.25, -0.2) is 0 Å². The molecular weight excluding hydrogens is 186 g/mol. The van der Waals surface area contributed by atoms with Crippen LogP contribution in [0.2, 0.25) is 0 Å². The first-order valence-electron chi connectivity index (χ1n) is 6.42. The van der Waals surface area contributed by atoms with Crippen LogP contribution in [0.25, 0.3) is 0 Å². The summed E-state index contributed by atoms with van der Waals surface area (Å²) in [5.74, 6) is 0.908. The summed E-state index contributed by atoms with van der Waals surface area (Å²) in [6.45, 7) is 6.05. The lowest BCUT2D eigenvalue weighted by Gasteiger charge is -2.35. The largest absolute Gasteiger partial charge is 0.330 e. The van der Waals surface area contributed by atoms with E-state index in [9.17, 15) is 0 Å². The Bertz CT molecular complexity index is 187. The molecule has 2 N–H and O–H groups in total. The van der Waals surface area contributed by atoms with Crippen LogP contribution in [0.4, 0.5) is 0 Å². The molecule has 1 atom stereocenters. The Morgan fingerprint density at radius 1 is 1.13 bits per heavy atom. The Hall–Kier alpha value is -0.120. The topological polar surface area (TPSA) is 32.5 Å². The summed E-state index contributed by atoms with van der Waals surface area (Å²) in [6, 6.07) is 0.842. The average molecular weight is 211 g/mol. The predicted octanol–water partition coefficient (Wildman–Crippen LogP) is 0.751. The summed E-state index contributed by atoms with van der Waals surface area (Å²) in [7, 11) is 2.24. The predicted molar refractivity (Wildman–Crippen MR) is 63.9 cm³/mol. The van der Waals surface area contributed by atoms with Gasteiger partial charge in [-0.15, -0.1) is 0 Å². The highest BCUT2D eigenvalue weighted by atomic mass is 15.2. The number of likely N-dealkylation sites (tertiary alicyclic amines) is 2. The molecule has 2 aliphatic heterocycles. The first-order chi connectivity index (χ1) is 7.29. The van der Waals surface area contributed by atoms with Crippen LogP contribution in [0.1, 0.15) is 25.7 Å².